The van der Waals surface area contributed by atoms with E-state index in [0.29, 0.717) is 23.4 Å². The summed E-state index contributed by atoms with van der Waals surface area (Å²) in [6, 6.07) is 12.0. The summed E-state index contributed by atoms with van der Waals surface area (Å²) in [6.45, 7) is 1.17. The molecule has 1 aromatic heterocycles. The second kappa shape index (κ2) is 7.49. The van der Waals surface area contributed by atoms with Gasteiger partial charge in [-0.1, -0.05) is 53.5 Å². The predicted molar refractivity (Wildman–Crippen MR) is 78.7 cm³/mol. The van der Waals surface area contributed by atoms with Gasteiger partial charge in [0.2, 0.25) is 0 Å². The van der Waals surface area contributed by atoms with Crippen LogP contribution in [0.15, 0.2) is 42.6 Å². The number of nitrogens with zero attached hydrogens (tertiary/aromatic N) is 1. The summed E-state index contributed by atoms with van der Waals surface area (Å²) in [5, 5.41) is 1.00. The molecule has 0 saturated carbocycles. The Kier molecular flexibility index (Phi) is 5.64. The van der Waals surface area contributed by atoms with E-state index >= 15 is 0 Å². The highest BCUT2D eigenvalue weighted by Crippen LogP contribution is 2.19. The molecule has 0 bridgehead atoms. The summed E-state index contributed by atoms with van der Waals surface area (Å²) >= 11 is 11.8. The Morgan fingerprint density at radius 1 is 1.11 bits per heavy atom. The Bertz CT molecular complexity index is 517. The molecule has 0 N–H and O–H groups in total. The summed E-state index contributed by atoms with van der Waals surface area (Å²) in [5.41, 5.74) is 2.20. The molecule has 0 aliphatic carbocycles. The third-order valence-electron chi connectivity index (χ3n) is 2.75. The molecule has 0 atom stereocenters. The van der Waals surface area contributed by atoms with Crippen molar-refractivity contribution in [1.82, 2.24) is 4.98 Å². The summed E-state index contributed by atoms with van der Waals surface area (Å²) in [4.78, 5) is 3.99. The van der Waals surface area contributed by atoms with E-state index in [1.165, 1.54) is 5.56 Å². The molecule has 0 aliphatic heterocycles. The quantitative estimate of drug-likeness (QED) is 0.577. The van der Waals surface area contributed by atoms with E-state index in [1.807, 2.05) is 6.07 Å². The Hall–Kier alpha value is -1.09. The van der Waals surface area contributed by atoms with Crippen LogP contribution in [0.4, 0.5) is 0 Å². The Balaban J connectivity index is 1.69. The van der Waals surface area contributed by atoms with Gasteiger partial charge in [-0.05, 0) is 24.5 Å². The first-order valence-electron chi connectivity index (χ1n) is 6.17. The van der Waals surface area contributed by atoms with E-state index in [-0.39, 0.29) is 0 Å². The Morgan fingerprint density at radius 2 is 1.89 bits per heavy atom. The van der Waals surface area contributed by atoms with Crippen molar-refractivity contribution in [3.05, 3.63) is 63.9 Å². The van der Waals surface area contributed by atoms with Crippen LogP contribution in [0, 0.1) is 0 Å². The number of hydrogen-bond acceptors (Lipinski definition) is 2. The van der Waals surface area contributed by atoms with Crippen molar-refractivity contribution in [3.63, 3.8) is 0 Å². The van der Waals surface area contributed by atoms with Crippen LogP contribution in [0.2, 0.25) is 10.2 Å². The van der Waals surface area contributed by atoms with Crippen molar-refractivity contribution in [2.75, 3.05) is 6.61 Å². The van der Waals surface area contributed by atoms with Crippen molar-refractivity contribution >= 4 is 23.2 Å². The van der Waals surface area contributed by atoms with Gasteiger partial charge in [0.05, 0.1) is 11.6 Å². The lowest BCUT2D eigenvalue weighted by atomic mass is 10.1. The van der Waals surface area contributed by atoms with Crippen molar-refractivity contribution in [1.29, 1.82) is 0 Å². The monoisotopic (exact) mass is 295 g/mol. The first-order chi connectivity index (χ1) is 9.25. The highest BCUT2D eigenvalue weighted by atomic mass is 35.5. The fourth-order valence-corrected chi connectivity index (χ4v) is 2.17. The van der Waals surface area contributed by atoms with E-state index < -0.39 is 0 Å². The zero-order valence-electron chi connectivity index (χ0n) is 10.5. The number of halogens is 2. The molecule has 2 rings (SSSR count). The van der Waals surface area contributed by atoms with E-state index in [1.54, 1.807) is 12.3 Å². The highest BCUT2D eigenvalue weighted by Gasteiger charge is 2.02. The second-order valence-electron chi connectivity index (χ2n) is 4.24. The number of pyridine rings is 1. The molecule has 100 valence electrons. The van der Waals surface area contributed by atoms with Gasteiger partial charge in [0.25, 0.3) is 0 Å². The minimum Gasteiger partial charge on any atom is -0.377 e. The fraction of sp³-hybridized carbons (Fsp3) is 0.267. The van der Waals surface area contributed by atoms with Gasteiger partial charge in [-0.2, -0.15) is 0 Å². The van der Waals surface area contributed by atoms with E-state index in [2.05, 4.69) is 29.2 Å². The third-order valence-corrected chi connectivity index (χ3v) is 3.31. The maximum Gasteiger partial charge on any atom is 0.130 e. The number of aryl methyl sites for hydroxylation is 1. The zero-order valence-corrected chi connectivity index (χ0v) is 12.0. The molecule has 0 saturated heterocycles. The first kappa shape index (κ1) is 14.3. The maximum absolute atomic E-state index is 6.03. The summed E-state index contributed by atoms with van der Waals surface area (Å²) in [7, 11) is 0. The second-order valence-corrected chi connectivity index (χ2v) is 5.03. The first-order valence-corrected chi connectivity index (χ1v) is 6.93. The molecule has 0 unspecified atom stereocenters. The van der Waals surface area contributed by atoms with Gasteiger partial charge in [0.15, 0.2) is 0 Å². The molecular formula is C15H15Cl2NO. The highest BCUT2D eigenvalue weighted by molar-refractivity contribution is 6.34. The topological polar surface area (TPSA) is 22.1 Å². The van der Waals surface area contributed by atoms with Gasteiger partial charge >= 0.3 is 0 Å². The van der Waals surface area contributed by atoms with Crippen LogP contribution < -0.4 is 0 Å². The molecule has 0 aliphatic rings. The Labute approximate surface area is 123 Å². The van der Waals surface area contributed by atoms with Gasteiger partial charge in [0, 0.05) is 18.4 Å². The van der Waals surface area contributed by atoms with Gasteiger partial charge in [-0.25, -0.2) is 4.98 Å². The van der Waals surface area contributed by atoms with E-state index in [0.717, 1.165) is 18.4 Å². The average molecular weight is 296 g/mol. The third kappa shape index (κ3) is 4.83. The molecule has 0 radical (unpaired) electrons. The molecular weight excluding hydrogens is 281 g/mol. The number of ether oxygens (including phenoxy) is 1. The van der Waals surface area contributed by atoms with Gasteiger partial charge in [-0.15, -0.1) is 0 Å². The average Bonchev–Trinajstić information content (AvgIpc) is 2.42. The van der Waals surface area contributed by atoms with Crippen LogP contribution in [0.25, 0.3) is 0 Å². The zero-order chi connectivity index (χ0) is 13.5. The summed E-state index contributed by atoms with van der Waals surface area (Å²) < 4.78 is 5.59. The minimum absolute atomic E-state index is 0.401. The van der Waals surface area contributed by atoms with E-state index in [4.69, 9.17) is 27.9 Å². The lowest BCUT2D eigenvalue weighted by molar-refractivity contribution is 0.118. The van der Waals surface area contributed by atoms with Gasteiger partial charge in [0.1, 0.15) is 5.15 Å². The van der Waals surface area contributed by atoms with Crippen molar-refractivity contribution in [3.8, 4) is 0 Å². The lowest BCUT2D eigenvalue weighted by Crippen LogP contribution is -1.98. The molecule has 0 fully saturated rings. The predicted octanol–water partition coefficient (Wildman–Crippen LogP) is 4.54. The molecule has 4 heteroatoms. The number of benzene rings is 1. The van der Waals surface area contributed by atoms with Crippen LogP contribution in [-0.2, 0) is 17.8 Å². The van der Waals surface area contributed by atoms with Crippen molar-refractivity contribution < 1.29 is 4.74 Å². The molecule has 0 amide bonds. The molecule has 2 aromatic rings. The minimum atomic E-state index is 0.401. The van der Waals surface area contributed by atoms with Crippen LogP contribution in [0.5, 0.6) is 0 Å². The molecule has 19 heavy (non-hydrogen) atoms. The van der Waals surface area contributed by atoms with Crippen LogP contribution in [0.3, 0.4) is 0 Å². The normalized spacial score (nSPS) is 10.6. The lowest BCUT2D eigenvalue weighted by Gasteiger charge is -2.06. The maximum atomic E-state index is 6.03. The number of hydrogen-bond donors (Lipinski definition) is 0. The Morgan fingerprint density at radius 3 is 2.63 bits per heavy atom. The molecule has 1 aromatic carbocycles. The van der Waals surface area contributed by atoms with Crippen molar-refractivity contribution in [2.45, 2.75) is 19.4 Å². The van der Waals surface area contributed by atoms with Gasteiger partial charge < -0.3 is 4.74 Å². The SMILES string of the molecule is Clc1cc(Cl)c(COCCCc2ccccc2)cn1. The number of aromatic nitrogens is 1. The fourth-order valence-electron chi connectivity index (χ4n) is 1.75. The molecule has 0 spiro atoms. The molecule has 2 nitrogen and oxygen atoms in total. The van der Waals surface area contributed by atoms with Crippen molar-refractivity contribution in [2.24, 2.45) is 0 Å². The van der Waals surface area contributed by atoms with Crippen LogP contribution in [-0.4, -0.2) is 11.6 Å². The van der Waals surface area contributed by atoms with E-state index in [9.17, 15) is 0 Å². The summed E-state index contributed by atoms with van der Waals surface area (Å²) in [6.07, 6.45) is 3.66. The van der Waals surface area contributed by atoms with Crippen LogP contribution in [0.1, 0.15) is 17.5 Å². The standard InChI is InChI=1S/C15H15Cl2NO/c16-14-9-15(17)18-10-13(14)11-19-8-4-7-12-5-2-1-3-6-12/h1-3,5-6,9-10H,4,7-8,11H2. The number of rotatable bonds is 6. The summed E-state index contributed by atoms with van der Waals surface area (Å²) in [5.74, 6) is 0. The van der Waals surface area contributed by atoms with Crippen LogP contribution >= 0.6 is 23.2 Å². The smallest absolute Gasteiger partial charge is 0.130 e. The largest absolute Gasteiger partial charge is 0.377 e. The van der Waals surface area contributed by atoms with Gasteiger partial charge in [-0.3, -0.25) is 0 Å². The molecule has 1 heterocycles.